The number of furan rings is 1. The summed E-state index contributed by atoms with van der Waals surface area (Å²) in [6, 6.07) is 7.04. The second-order valence-electron chi connectivity index (χ2n) is 8.89. The molecular weight excluding hydrogens is 532 g/mol. The normalized spacial score (nSPS) is 13.7. The first kappa shape index (κ1) is 26.5. The van der Waals surface area contributed by atoms with Gasteiger partial charge in [-0.25, -0.2) is 0 Å². The molecule has 0 saturated carbocycles. The maximum atomic E-state index is 13.1. The Morgan fingerprint density at radius 1 is 1.13 bits per heavy atom. The molecule has 1 aliphatic heterocycles. The lowest BCUT2D eigenvalue weighted by atomic mass is 9.99. The zero-order chi connectivity index (χ0) is 27.5. The van der Waals surface area contributed by atoms with Gasteiger partial charge in [-0.1, -0.05) is 47.4 Å². The van der Waals surface area contributed by atoms with Crippen LogP contribution in [0, 0.1) is 44.5 Å². The number of nitrogens with zero attached hydrogens (tertiary/aromatic N) is 4. The van der Waals surface area contributed by atoms with E-state index < -0.39 is 6.04 Å². The minimum Gasteiger partial charge on any atom is -0.470 e. The van der Waals surface area contributed by atoms with Gasteiger partial charge in [0.2, 0.25) is 5.91 Å². The Kier molecular flexibility index (Phi) is 7.67. The van der Waals surface area contributed by atoms with E-state index in [0.29, 0.717) is 22.0 Å². The van der Waals surface area contributed by atoms with Crippen LogP contribution in [0.3, 0.4) is 0 Å². The van der Waals surface area contributed by atoms with Crippen LogP contribution in [0.1, 0.15) is 56.8 Å². The highest BCUT2D eigenvalue weighted by molar-refractivity contribution is 7.15. The van der Waals surface area contributed by atoms with Gasteiger partial charge in [-0.15, -0.1) is 21.5 Å². The number of halogens is 1. The molecule has 196 valence electrons. The summed E-state index contributed by atoms with van der Waals surface area (Å²) in [4.78, 5) is 19.4. The van der Waals surface area contributed by atoms with Gasteiger partial charge in [-0.2, -0.15) is 0 Å². The lowest BCUT2D eigenvalue weighted by Crippen LogP contribution is -2.25. The Labute approximate surface area is 235 Å². The minimum atomic E-state index is -0.545. The molecule has 5 rings (SSSR count). The topological polar surface area (TPSA) is 111 Å². The number of fused-ring (bicyclic) bond motifs is 3. The van der Waals surface area contributed by atoms with E-state index in [2.05, 4.69) is 53.0 Å². The molecule has 1 aliphatic rings. The molecule has 1 atom stereocenters. The molecule has 0 spiro atoms. The van der Waals surface area contributed by atoms with Gasteiger partial charge in [0.25, 0.3) is 0 Å². The van der Waals surface area contributed by atoms with Gasteiger partial charge >= 0.3 is 0 Å². The van der Waals surface area contributed by atoms with Crippen LogP contribution in [0.2, 0.25) is 5.02 Å². The molecule has 0 bridgehead atoms. The first-order valence-electron chi connectivity index (χ1n) is 12.2. The van der Waals surface area contributed by atoms with Crippen molar-refractivity contribution < 1.29 is 9.21 Å². The van der Waals surface area contributed by atoms with Crippen molar-refractivity contribution in [2.24, 2.45) is 10.7 Å². The van der Waals surface area contributed by atoms with Gasteiger partial charge in [0.05, 0.1) is 36.3 Å². The zero-order valence-corrected chi connectivity index (χ0v) is 23.2. The van der Waals surface area contributed by atoms with Crippen molar-refractivity contribution >= 4 is 34.6 Å². The summed E-state index contributed by atoms with van der Waals surface area (Å²) < 4.78 is 7.21. The number of aromatic nitrogens is 3. The van der Waals surface area contributed by atoms with E-state index in [1.807, 2.05) is 35.8 Å². The van der Waals surface area contributed by atoms with Gasteiger partial charge in [-0.3, -0.25) is 14.4 Å². The number of hydrogen-bond acceptors (Lipinski definition) is 7. The fourth-order valence-electron chi connectivity index (χ4n) is 4.30. The van der Waals surface area contributed by atoms with Crippen LogP contribution in [0.4, 0.5) is 0 Å². The summed E-state index contributed by atoms with van der Waals surface area (Å²) in [6.07, 6.45) is 3.13. The van der Waals surface area contributed by atoms with Crippen LogP contribution in [0.5, 0.6) is 0 Å². The van der Waals surface area contributed by atoms with Crippen LogP contribution < -0.4 is 11.1 Å². The average Bonchev–Trinajstić information content (AvgIpc) is 3.59. The smallest absolute Gasteiger partial charge is 0.223 e. The van der Waals surface area contributed by atoms with Crippen LogP contribution in [-0.4, -0.2) is 39.5 Å². The number of hydrogen-bond donors (Lipinski definition) is 2. The number of aliphatic imine (C=N–C) groups is 1. The summed E-state index contributed by atoms with van der Waals surface area (Å²) in [5.74, 6) is 12.8. The molecule has 8 nitrogen and oxygen atoms in total. The van der Waals surface area contributed by atoms with Crippen LogP contribution in [0.15, 0.2) is 46.2 Å². The third-order valence-electron chi connectivity index (χ3n) is 6.32. The Morgan fingerprint density at radius 2 is 1.85 bits per heavy atom. The zero-order valence-electron chi connectivity index (χ0n) is 21.6. The van der Waals surface area contributed by atoms with E-state index in [0.717, 1.165) is 33.2 Å². The van der Waals surface area contributed by atoms with Crippen LogP contribution in [0.25, 0.3) is 5.00 Å². The average molecular weight is 557 g/mol. The molecule has 0 saturated heterocycles. The summed E-state index contributed by atoms with van der Waals surface area (Å²) in [6.45, 7) is 6.50. The predicted octanol–water partition coefficient (Wildman–Crippen LogP) is 4.26. The van der Waals surface area contributed by atoms with Gasteiger partial charge in [0, 0.05) is 21.0 Å². The summed E-state index contributed by atoms with van der Waals surface area (Å²) in [5, 5.41) is 13.3. The second kappa shape index (κ2) is 11.3. The van der Waals surface area contributed by atoms with Crippen molar-refractivity contribution in [1.29, 1.82) is 0 Å². The summed E-state index contributed by atoms with van der Waals surface area (Å²) >= 11 is 7.84. The van der Waals surface area contributed by atoms with Crippen molar-refractivity contribution in [3.05, 3.63) is 86.2 Å². The highest BCUT2D eigenvalue weighted by Crippen LogP contribution is 2.39. The summed E-state index contributed by atoms with van der Waals surface area (Å²) in [7, 11) is 0. The third kappa shape index (κ3) is 5.39. The number of carbonyl (C=O) groups is 1. The van der Waals surface area contributed by atoms with Crippen molar-refractivity contribution in [2.75, 3.05) is 13.1 Å². The SMILES string of the molecule is Cc1sc2c(c1C)C(c1ccc(Cl)cc1)=N[C@@H](CC(=O)NCC#Cc1cocc1C#CCN)c1nnc(C)n1-2. The molecule has 39 heavy (non-hydrogen) atoms. The number of aryl methyl sites for hydroxylation is 2. The van der Waals surface area contributed by atoms with Gasteiger partial charge in [0.15, 0.2) is 5.82 Å². The first-order valence-corrected chi connectivity index (χ1v) is 13.4. The van der Waals surface area contributed by atoms with Crippen molar-refractivity contribution in [3.8, 4) is 28.7 Å². The highest BCUT2D eigenvalue weighted by Gasteiger charge is 2.32. The fourth-order valence-corrected chi connectivity index (χ4v) is 5.64. The van der Waals surface area contributed by atoms with E-state index in [-0.39, 0.29) is 25.4 Å². The van der Waals surface area contributed by atoms with Crippen LogP contribution in [-0.2, 0) is 4.79 Å². The Bertz CT molecular complexity index is 1710. The molecule has 4 aromatic rings. The molecule has 1 amide bonds. The Morgan fingerprint density at radius 3 is 2.56 bits per heavy atom. The van der Waals surface area contributed by atoms with Crippen molar-refractivity contribution in [2.45, 2.75) is 33.2 Å². The van der Waals surface area contributed by atoms with Gasteiger partial charge in [-0.05, 0) is 38.5 Å². The number of thiophene rings is 1. The third-order valence-corrected chi connectivity index (χ3v) is 7.76. The first-order chi connectivity index (χ1) is 18.9. The minimum absolute atomic E-state index is 0.0861. The molecular formula is C29H25ClN6O2S. The number of amides is 1. The summed E-state index contributed by atoms with van der Waals surface area (Å²) in [5.41, 5.74) is 10.6. The largest absolute Gasteiger partial charge is 0.470 e. The standard InChI is InChI=1S/C29H25ClN6O2S/c1-17-18(2)39-29-26(17)27(20-8-10-23(30)11-9-20)33-24(28-35-34-19(3)36(28)29)14-25(37)32-13-5-7-22-16-38-15-21(22)6-4-12-31/h8-11,15-16,24H,12-14,31H2,1-3H3,(H,32,37)/t24-/m0/s1. The maximum absolute atomic E-state index is 13.1. The van der Waals surface area contributed by atoms with Crippen LogP contribution >= 0.6 is 22.9 Å². The Balaban J connectivity index is 1.43. The van der Waals surface area contributed by atoms with Gasteiger partial charge in [0.1, 0.15) is 29.4 Å². The monoisotopic (exact) mass is 556 g/mol. The molecule has 0 unspecified atom stereocenters. The molecule has 10 heteroatoms. The molecule has 0 aliphatic carbocycles. The molecule has 4 heterocycles. The Hall–Kier alpha value is -4.15. The fraction of sp³-hybridized carbons (Fsp3) is 0.241. The van der Waals surface area contributed by atoms with Gasteiger partial charge < -0.3 is 15.5 Å². The lowest BCUT2D eigenvalue weighted by Gasteiger charge is -2.12. The van der Waals surface area contributed by atoms with E-state index >= 15 is 0 Å². The number of benzene rings is 1. The molecule has 0 fully saturated rings. The van der Waals surface area contributed by atoms with E-state index in [1.54, 1.807) is 11.3 Å². The van der Waals surface area contributed by atoms with E-state index in [1.165, 1.54) is 17.4 Å². The number of rotatable bonds is 4. The predicted molar refractivity (Wildman–Crippen MR) is 152 cm³/mol. The number of nitrogens with two attached hydrogens (primary N) is 1. The highest BCUT2D eigenvalue weighted by atomic mass is 35.5. The maximum Gasteiger partial charge on any atom is 0.223 e. The van der Waals surface area contributed by atoms with Crippen molar-refractivity contribution in [3.63, 3.8) is 0 Å². The number of carbonyl (C=O) groups excluding carboxylic acids is 1. The second-order valence-corrected chi connectivity index (χ2v) is 10.5. The lowest BCUT2D eigenvalue weighted by molar-refractivity contribution is -0.121. The molecule has 0 radical (unpaired) electrons. The van der Waals surface area contributed by atoms with Crippen molar-refractivity contribution in [1.82, 2.24) is 20.1 Å². The number of nitrogens with one attached hydrogen (secondary N) is 1. The quantitative estimate of drug-likeness (QED) is 0.365. The molecule has 3 aromatic heterocycles. The molecule has 1 aromatic carbocycles. The van der Waals surface area contributed by atoms with E-state index in [9.17, 15) is 4.79 Å². The molecule has 3 N–H and O–H groups in total. The van der Waals surface area contributed by atoms with E-state index in [4.69, 9.17) is 26.7 Å².